The fourth-order valence-corrected chi connectivity index (χ4v) is 2.47. The molecule has 1 aromatic carbocycles. The van der Waals surface area contributed by atoms with Crippen LogP contribution in [0.15, 0.2) is 12.1 Å². The first-order chi connectivity index (χ1) is 5.15. The van der Waals surface area contributed by atoms with Crippen molar-refractivity contribution in [3.8, 4) is 0 Å². The predicted molar refractivity (Wildman–Crippen MR) is 45.1 cm³/mol. The van der Waals surface area contributed by atoms with Crippen LogP contribution in [0.25, 0.3) is 0 Å². The Bertz CT molecular complexity index is 254. The second kappa shape index (κ2) is 4.00. The van der Waals surface area contributed by atoms with E-state index < -0.39 is 0 Å². The molecule has 0 saturated heterocycles. The Balaban J connectivity index is 3.25. The van der Waals surface area contributed by atoms with Crippen LogP contribution in [0.5, 0.6) is 0 Å². The van der Waals surface area contributed by atoms with Gasteiger partial charge in [-0.05, 0) is 0 Å². The third-order valence-electron chi connectivity index (χ3n) is 1.09. The first-order valence-corrected chi connectivity index (χ1v) is 4.90. The molecule has 1 nitrogen and oxygen atoms in total. The van der Waals surface area contributed by atoms with E-state index in [1.165, 1.54) is 0 Å². The van der Waals surface area contributed by atoms with Gasteiger partial charge in [0.05, 0.1) is 0 Å². The monoisotopic (exact) mass is 389 g/mol. The van der Waals surface area contributed by atoms with Crippen molar-refractivity contribution in [1.29, 1.82) is 0 Å². The van der Waals surface area contributed by atoms with Crippen LogP contribution in [0, 0.1) is 0 Å². The molecular formula is C6H3Cl3NPt. The van der Waals surface area contributed by atoms with Crippen molar-refractivity contribution < 1.29 is 20.1 Å². The summed E-state index contributed by atoms with van der Waals surface area (Å²) in [6.45, 7) is 0. The summed E-state index contributed by atoms with van der Waals surface area (Å²) in [5.74, 6) is 0. The second-order valence-corrected chi connectivity index (χ2v) is 3.64. The number of benzene rings is 1. The summed E-state index contributed by atoms with van der Waals surface area (Å²) in [7, 11) is 0. The molecule has 5 heteroatoms. The van der Waals surface area contributed by atoms with E-state index in [-0.39, 0.29) is 0 Å². The topological polar surface area (TPSA) is 12.0 Å². The standard InChI is InChI=1S/C6H3Cl3N.Pt/c7-3-1-4(8)6(10)5(9)2-3;/h1-2,10H;/q-1;+1. The molecule has 0 aliphatic rings. The van der Waals surface area contributed by atoms with Gasteiger partial charge in [0.1, 0.15) is 0 Å². The molecule has 0 spiro atoms. The van der Waals surface area contributed by atoms with Crippen LogP contribution in [-0.2, 0) is 20.1 Å². The summed E-state index contributed by atoms with van der Waals surface area (Å²) in [5, 5.41) is 1.59. The minimum absolute atomic E-state index is 0.525. The fourth-order valence-electron chi connectivity index (χ4n) is 0.618. The Morgan fingerprint density at radius 1 is 1.09 bits per heavy atom. The molecular weight excluding hydrogens is 388 g/mol. The molecule has 0 aromatic heterocycles. The van der Waals surface area contributed by atoms with Crippen molar-refractivity contribution in [2.75, 3.05) is 3.88 Å². The Kier molecular flexibility index (Phi) is 3.51. The number of anilines is 1. The van der Waals surface area contributed by atoms with E-state index in [0.717, 1.165) is 0 Å². The summed E-state index contributed by atoms with van der Waals surface area (Å²) >= 11 is 19.2. The van der Waals surface area contributed by atoms with E-state index in [4.69, 9.17) is 34.8 Å². The van der Waals surface area contributed by atoms with Gasteiger partial charge in [-0.3, -0.25) is 0 Å². The van der Waals surface area contributed by atoms with Crippen molar-refractivity contribution in [3.05, 3.63) is 27.2 Å². The van der Waals surface area contributed by atoms with Gasteiger partial charge in [0.2, 0.25) is 0 Å². The summed E-state index contributed by atoms with van der Waals surface area (Å²) in [6.07, 6.45) is 0. The number of nitrogens with one attached hydrogen (secondary N) is 1. The molecule has 0 fully saturated rings. The molecule has 63 valence electrons. The van der Waals surface area contributed by atoms with Crippen molar-refractivity contribution in [3.63, 3.8) is 0 Å². The summed E-state index contributed by atoms with van der Waals surface area (Å²) in [6, 6.07) is 3.27. The van der Waals surface area contributed by atoms with Gasteiger partial charge < -0.3 is 0 Å². The SMILES string of the molecule is Clc1cc(Cl)c([NH][Pt])c(Cl)c1. The second-order valence-electron chi connectivity index (χ2n) is 1.82. The zero-order valence-corrected chi connectivity index (χ0v) is 9.64. The molecule has 0 atom stereocenters. The Hall–Kier alpha value is 0.578. The van der Waals surface area contributed by atoms with E-state index in [0.29, 0.717) is 20.8 Å². The van der Waals surface area contributed by atoms with Gasteiger partial charge in [0, 0.05) is 0 Å². The van der Waals surface area contributed by atoms with Gasteiger partial charge >= 0.3 is 91.6 Å². The molecule has 0 radical (unpaired) electrons. The van der Waals surface area contributed by atoms with Crippen LogP contribution in [0.4, 0.5) is 5.69 Å². The average molecular weight is 391 g/mol. The van der Waals surface area contributed by atoms with Gasteiger partial charge in [-0.1, -0.05) is 0 Å². The number of hydrogen-bond donors (Lipinski definition) is 1. The molecule has 1 rings (SSSR count). The Labute approximate surface area is 91.2 Å². The number of rotatable bonds is 1. The van der Waals surface area contributed by atoms with Gasteiger partial charge in [-0.2, -0.15) is 0 Å². The van der Waals surface area contributed by atoms with Gasteiger partial charge in [0.15, 0.2) is 0 Å². The average Bonchev–Trinajstić information content (AvgIpc) is 1.85. The van der Waals surface area contributed by atoms with E-state index in [9.17, 15) is 0 Å². The van der Waals surface area contributed by atoms with Crippen LogP contribution in [0.1, 0.15) is 0 Å². The van der Waals surface area contributed by atoms with Crippen LogP contribution in [-0.4, -0.2) is 0 Å². The van der Waals surface area contributed by atoms with Gasteiger partial charge in [-0.25, -0.2) is 0 Å². The molecule has 0 aliphatic carbocycles. The summed E-state index contributed by atoms with van der Waals surface area (Å²) in [4.78, 5) is 0. The van der Waals surface area contributed by atoms with E-state index in [2.05, 4.69) is 3.88 Å². The Morgan fingerprint density at radius 2 is 1.55 bits per heavy atom. The van der Waals surface area contributed by atoms with Crippen LogP contribution < -0.4 is 3.88 Å². The Morgan fingerprint density at radius 3 is 1.91 bits per heavy atom. The first-order valence-electron chi connectivity index (χ1n) is 2.63. The maximum absolute atomic E-state index is 5.80. The molecule has 0 unspecified atom stereocenters. The van der Waals surface area contributed by atoms with E-state index in [1.807, 2.05) is 20.1 Å². The van der Waals surface area contributed by atoms with Crippen LogP contribution in [0.2, 0.25) is 15.1 Å². The third kappa shape index (κ3) is 2.26. The van der Waals surface area contributed by atoms with Crippen molar-refractivity contribution in [2.24, 2.45) is 0 Å². The molecule has 1 aromatic rings. The normalized spacial score (nSPS) is 9.91. The number of halogens is 3. The molecule has 0 aliphatic heterocycles. The predicted octanol–water partition coefficient (Wildman–Crippen LogP) is 3.52. The zero-order chi connectivity index (χ0) is 8.43. The van der Waals surface area contributed by atoms with Gasteiger partial charge in [-0.15, -0.1) is 0 Å². The maximum atomic E-state index is 5.80. The zero-order valence-electron chi connectivity index (χ0n) is 5.10. The van der Waals surface area contributed by atoms with E-state index in [1.54, 1.807) is 12.1 Å². The molecule has 11 heavy (non-hydrogen) atoms. The van der Waals surface area contributed by atoms with E-state index >= 15 is 0 Å². The van der Waals surface area contributed by atoms with Crippen LogP contribution in [0.3, 0.4) is 0 Å². The molecule has 1 N–H and O–H groups in total. The third-order valence-corrected chi connectivity index (χ3v) is 2.47. The van der Waals surface area contributed by atoms with Gasteiger partial charge in [0.25, 0.3) is 0 Å². The molecule has 0 heterocycles. The minimum atomic E-state index is 0.525. The summed E-state index contributed by atoms with van der Waals surface area (Å²) < 4.78 is 2.84. The quantitative estimate of drug-likeness (QED) is 0.774. The summed E-state index contributed by atoms with van der Waals surface area (Å²) in [5.41, 5.74) is 0.694. The fraction of sp³-hybridized carbons (Fsp3) is 0. The van der Waals surface area contributed by atoms with Crippen LogP contribution >= 0.6 is 34.8 Å². The molecule has 0 bridgehead atoms. The number of hydrogen-bond acceptors (Lipinski definition) is 1. The van der Waals surface area contributed by atoms with Crippen molar-refractivity contribution >= 4 is 40.5 Å². The first kappa shape index (κ1) is 9.66. The van der Waals surface area contributed by atoms with Crippen molar-refractivity contribution in [1.82, 2.24) is 0 Å². The molecule has 0 amide bonds. The molecule has 0 saturated carbocycles. The van der Waals surface area contributed by atoms with Crippen molar-refractivity contribution in [2.45, 2.75) is 0 Å².